The van der Waals surface area contributed by atoms with Crippen LogP contribution in [0.2, 0.25) is 0 Å². The van der Waals surface area contributed by atoms with Gasteiger partial charge in [-0.1, -0.05) is 36.4 Å². The predicted octanol–water partition coefficient (Wildman–Crippen LogP) is 5.13. The Morgan fingerprint density at radius 1 is 1.00 bits per heavy atom. The zero-order chi connectivity index (χ0) is 23.4. The van der Waals surface area contributed by atoms with Gasteiger partial charge in [0.2, 0.25) is 5.82 Å². The van der Waals surface area contributed by atoms with Gasteiger partial charge in [0.1, 0.15) is 6.10 Å². The number of pyridine rings is 2. The minimum atomic E-state index is -0.914. The first-order chi connectivity index (χ1) is 15.9. The number of aryl methyl sites for hydroxylation is 2. The van der Waals surface area contributed by atoms with Gasteiger partial charge in [-0.25, -0.2) is 4.98 Å². The normalized spacial score (nSPS) is 13.8. The molecule has 4 aromatic rings. The minimum absolute atomic E-state index is 0.254. The van der Waals surface area contributed by atoms with Gasteiger partial charge in [-0.15, -0.1) is 11.3 Å². The van der Waals surface area contributed by atoms with E-state index in [1.54, 1.807) is 18.3 Å². The van der Waals surface area contributed by atoms with E-state index in [2.05, 4.69) is 20.3 Å². The summed E-state index contributed by atoms with van der Waals surface area (Å²) in [5.74, 6) is -0.438. The highest BCUT2D eigenvalue weighted by atomic mass is 32.1. The molecule has 0 aliphatic rings. The molecule has 3 aromatic heterocycles. The molecule has 33 heavy (non-hydrogen) atoms. The third-order valence-electron chi connectivity index (χ3n) is 5.32. The summed E-state index contributed by atoms with van der Waals surface area (Å²) in [6.07, 6.45) is 0.774. The van der Waals surface area contributed by atoms with Gasteiger partial charge in [-0.05, 0) is 47.5 Å². The molecule has 1 aromatic carbocycles. The van der Waals surface area contributed by atoms with Crippen molar-refractivity contribution in [3.05, 3.63) is 110 Å². The molecule has 8 nitrogen and oxygen atoms in total. The molecule has 0 aliphatic heterocycles. The lowest BCUT2D eigenvalue weighted by Crippen LogP contribution is -2.26. The number of hydrogen-bond acceptors (Lipinski definition) is 8. The van der Waals surface area contributed by atoms with Crippen LogP contribution in [0.25, 0.3) is 0 Å². The molecule has 4 rings (SSSR count). The van der Waals surface area contributed by atoms with E-state index in [0.717, 1.165) is 21.1 Å². The van der Waals surface area contributed by atoms with Gasteiger partial charge < -0.3 is 20.5 Å². The Kier molecular flexibility index (Phi) is 6.71. The molecule has 0 radical (unpaired) electrons. The fraction of sp³-hybridized carbons (Fsp3) is 0.208. The largest absolute Gasteiger partial charge is 0.387 e. The molecule has 0 amide bonds. The van der Waals surface area contributed by atoms with E-state index in [1.807, 2.05) is 62.4 Å². The van der Waals surface area contributed by atoms with Gasteiger partial charge in [0.25, 0.3) is 0 Å². The molecule has 168 valence electrons. The van der Waals surface area contributed by atoms with Gasteiger partial charge in [-0.2, -0.15) is 0 Å². The number of nitro groups is 1. The van der Waals surface area contributed by atoms with Crippen LogP contribution in [0.15, 0.2) is 72.9 Å². The molecule has 3 heterocycles. The van der Waals surface area contributed by atoms with Gasteiger partial charge >= 0.3 is 5.82 Å². The highest BCUT2D eigenvalue weighted by Gasteiger charge is 2.36. The Morgan fingerprint density at radius 3 is 2.39 bits per heavy atom. The standard InChI is InChI=1S/C24H23N5O3S/c1-15-24(33-16(2)26-15)23(30)21(18-11-6-7-14-25-18)22(17-9-4-3-5-10-17)28-19-12-8-13-20(27-19)29(31)32/h3-14,21-23,30H,1-2H3,(H,27,28). The van der Waals surface area contributed by atoms with Crippen LogP contribution >= 0.6 is 11.3 Å². The second kappa shape index (κ2) is 9.85. The third-order valence-corrected chi connectivity index (χ3v) is 6.46. The number of aliphatic hydroxyl groups is 1. The van der Waals surface area contributed by atoms with Gasteiger partial charge in [0, 0.05) is 24.0 Å². The summed E-state index contributed by atoms with van der Waals surface area (Å²) in [6.45, 7) is 3.79. The van der Waals surface area contributed by atoms with Crippen LogP contribution in [0.4, 0.5) is 11.6 Å². The lowest BCUT2D eigenvalue weighted by atomic mass is 9.84. The van der Waals surface area contributed by atoms with Crippen molar-refractivity contribution in [2.45, 2.75) is 31.9 Å². The maximum absolute atomic E-state index is 11.6. The molecule has 9 heteroatoms. The number of nitrogens with one attached hydrogen (secondary N) is 1. The molecule has 0 aliphatic carbocycles. The van der Waals surface area contributed by atoms with Crippen LogP contribution in [-0.2, 0) is 0 Å². The van der Waals surface area contributed by atoms with Crippen LogP contribution in [0, 0.1) is 24.0 Å². The van der Waals surface area contributed by atoms with Crippen molar-refractivity contribution in [1.29, 1.82) is 0 Å². The molecular weight excluding hydrogens is 438 g/mol. The molecule has 2 N–H and O–H groups in total. The van der Waals surface area contributed by atoms with E-state index < -0.39 is 23.0 Å². The van der Waals surface area contributed by atoms with Crippen LogP contribution in [0.3, 0.4) is 0 Å². The monoisotopic (exact) mass is 461 g/mol. The van der Waals surface area contributed by atoms with Crippen molar-refractivity contribution >= 4 is 23.0 Å². The molecular formula is C24H23N5O3S. The smallest absolute Gasteiger partial charge is 0.365 e. The van der Waals surface area contributed by atoms with Crippen LogP contribution < -0.4 is 5.32 Å². The van der Waals surface area contributed by atoms with Crippen LogP contribution in [0.1, 0.15) is 44.9 Å². The van der Waals surface area contributed by atoms with E-state index in [1.165, 1.54) is 17.4 Å². The Labute approximate surface area is 195 Å². The van der Waals surface area contributed by atoms with E-state index in [-0.39, 0.29) is 5.82 Å². The van der Waals surface area contributed by atoms with E-state index >= 15 is 0 Å². The number of hydrogen-bond donors (Lipinski definition) is 2. The van der Waals surface area contributed by atoms with Crippen molar-refractivity contribution in [3.63, 3.8) is 0 Å². The maximum atomic E-state index is 11.6. The topological polar surface area (TPSA) is 114 Å². The second-order valence-corrected chi connectivity index (χ2v) is 8.81. The first-order valence-electron chi connectivity index (χ1n) is 10.4. The average molecular weight is 462 g/mol. The molecule has 0 saturated heterocycles. The van der Waals surface area contributed by atoms with Crippen LogP contribution in [-0.4, -0.2) is 25.0 Å². The molecule has 0 spiro atoms. The summed E-state index contributed by atoms with van der Waals surface area (Å²) in [4.78, 5) is 24.7. The molecule has 3 unspecified atom stereocenters. The molecule has 0 fully saturated rings. The Morgan fingerprint density at radius 2 is 1.76 bits per heavy atom. The summed E-state index contributed by atoms with van der Waals surface area (Å²) < 4.78 is 0. The van der Waals surface area contributed by atoms with Crippen molar-refractivity contribution < 1.29 is 10.0 Å². The number of anilines is 1. The Bertz CT molecular complexity index is 1230. The maximum Gasteiger partial charge on any atom is 0.365 e. The lowest BCUT2D eigenvalue weighted by molar-refractivity contribution is -0.389. The van der Waals surface area contributed by atoms with Crippen molar-refractivity contribution in [2.24, 2.45) is 0 Å². The Hall–Kier alpha value is -3.69. The fourth-order valence-corrected chi connectivity index (χ4v) is 4.84. The van der Waals surface area contributed by atoms with E-state index in [0.29, 0.717) is 11.5 Å². The fourth-order valence-electron chi connectivity index (χ4n) is 3.88. The third kappa shape index (κ3) is 5.05. The second-order valence-electron chi connectivity index (χ2n) is 7.58. The number of nitrogens with zero attached hydrogens (tertiary/aromatic N) is 4. The lowest BCUT2D eigenvalue weighted by Gasteiger charge is -2.31. The molecule has 0 saturated carbocycles. The Balaban J connectivity index is 1.84. The van der Waals surface area contributed by atoms with Gasteiger partial charge in [0.05, 0.1) is 27.5 Å². The zero-order valence-corrected chi connectivity index (χ0v) is 18.9. The van der Waals surface area contributed by atoms with Crippen molar-refractivity contribution in [1.82, 2.24) is 15.0 Å². The summed E-state index contributed by atoms with van der Waals surface area (Å²) in [5.41, 5.74) is 2.34. The molecule has 3 atom stereocenters. The number of thiazole rings is 1. The number of aliphatic hydroxyl groups excluding tert-OH is 1. The van der Waals surface area contributed by atoms with Gasteiger partial charge in [0.15, 0.2) is 0 Å². The highest BCUT2D eigenvalue weighted by Crippen LogP contribution is 2.44. The van der Waals surface area contributed by atoms with Crippen molar-refractivity contribution in [3.8, 4) is 0 Å². The summed E-state index contributed by atoms with van der Waals surface area (Å²) >= 11 is 1.45. The number of aromatic nitrogens is 3. The van der Waals surface area contributed by atoms with E-state index in [9.17, 15) is 15.2 Å². The van der Waals surface area contributed by atoms with E-state index in [4.69, 9.17) is 0 Å². The molecule has 0 bridgehead atoms. The number of benzene rings is 1. The number of rotatable bonds is 8. The summed E-state index contributed by atoms with van der Waals surface area (Å²) in [7, 11) is 0. The first-order valence-corrected chi connectivity index (χ1v) is 11.2. The summed E-state index contributed by atoms with van der Waals surface area (Å²) in [6, 6.07) is 19.3. The highest BCUT2D eigenvalue weighted by molar-refractivity contribution is 7.11. The average Bonchev–Trinajstić information content (AvgIpc) is 3.17. The quantitative estimate of drug-likeness (QED) is 0.276. The first kappa shape index (κ1) is 22.5. The SMILES string of the molecule is Cc1nc(C)c(C(O)C(c2ccccn2)C(Nc2cccc([N+](=O)[O-])n2)c2ccccc2)s1. The minimum Gasteiger partial charge on any atom is -0.387 e. The predicted molar refractivity (Wildman–Crippen MR) is 127 cm³/mol. The zero-order valence-electron chi connectivity index (χ0n) is 18.1. The van der Waals surface area contributed by atoms with Gasteiger partial charge in [-0.3, -0.25) is 4.98 Å². The van der Waals surface area contributed by atoms with Crippen LogP contribution in [0.5, 0.6) is 0 Å². The van der Waals surface area contributed by atoms with Crippen molar-refractivity contribution in [2.75, 3.05) is 5.32 Å². The summed E-state index contributed by atoms with van der Waals surface area (Å²) in [5, 5.41) is 27.1.